The molecule has 8 heteroatoms. The SMILES string of the molecule is CC[C@@H](C)N(C(=O)C[NH+]1CCN(c2ccc(OC)cc2)CC1)[C@H]1CCS(=O)(=O)C1. The van der Waals surface area contributed by atoms with Crippen molar-refractivity contribution < 1.29 is 22.8 Å². The van der Waals surface area contributed by atoms with Gasteiger partial charge in [-0.2, -0.15) is 0 Å². The van der Waals surface area contributed by atoms with Crippen molar-refractivity contribution in [3.63, 3.8) is 0 Å². The Bertz CT molecular complexity index is 789. The standard InChI is InChI=1S/C21H33N3O4S/c1-4-17(2)24(19-9-14-29(26,27)16-19)21(25)15-22-10-12-23(13-11-22)18-5-7-20(28-3)8-6-18/h5-8,17,19H,4,9-16H2,1-3H3/p+1/t17-,19+/m1/s1. The Hall–Kier alpha value is -1.80. The highest BCUT2D eigenvalue weighted by molar-refractivity contribution is 7.91. The van der Waals surface area contributed by atoms with Gasteiger partial charge in [0.2, 0.25) is 0 Å². The average Bonchev–Trinajstić information content (AvgIpc) is 3.07. The summed E-state index contributed by atoms with van der Waals surface area (Å²) < 4.78 is 29.1. The summed E-state index contributed by atoms with van der Waals surface area (Å²) in [5.74, 6) is 1.26. The van der Waals surface area contributed by atoms with Crippen LogP contribution in [0.15, 0.2) is 24.3 Å². The molecule has 1 amide bonds. The Labute approximate surface area is 174 Å². The van der Waals surface area contributed by atoms with Crippen molar-refractivity contribution >= 4 is 21.4 Å². The third kappa shape index (κ3) is 5.42. The van der Waals surface area contributed by atoms with Crippen LogP contribution in [-0.4, -0.2) is 82.6 Å². The largest absolute Gasteiger partial charge is 0.497 e. The second-order valence-electron chi connectivity index (χ2n) is 8.23. The summed E-state index contributed by atoms with van der Waals surface area (Å²) in [7, 11) is -1.34. The van der Waals surface area contributed by atoms with Crippen LogP contribution in [0, 0.1) is 0 Å². The number of methoxy groups -OCH3 is 1. The number of carbonyl (C=O) groups is 1. The molecule has 0 spiro atoms. The minimum atomic E-state index is -3.01. The molecule has 0 aromatic heterocycles. The topological polar surface area (TPSA) is 71.4 Å². The van der Waals surface area contributed by atoms with E-state index in [0.717, 1.165) is 38.3 Å². The fourth-order valence-corrected chi connectivity index (χ4v) is 6.07. The lowest BCUT2D eigenvalue weighted by Crippen LogP contribution is -3.16. The van der Waals surface area contributed by atoms with E-state index in [-0.39, 0.29) is 29.5 Å². The van der Waals surface area contributed by atoms with Crippen LogP contribution in [0.1, 0.15) is 26.7 Å². The van der Waals surface area contributed by atoms with Gasteiger partial charge in [0.05, 0.1) is 44.8 Å². The number of nitrogens with zero attached hydrogens (tertiary/aromatic N) is 2. The van der Waals surface area contributed by atoms with Crippen LogP contribution in [-0.2, 0) is 14.6 Å². The molecular formula is C21H34N3O4S+. The first-order valence-corrected chi connectivity index (χ1v) is 12.4. The minimum Gasteiger partial charge on any atom is -0.497 e. The molecule has 2 atom stereocenters. The molecule has 1 aromatic rings. The van der Waals surface area contributed by atoms with Crippen LogP contribution < -0.4 is 14.5 Å². The van der Waals surface area contributed by atoms with Gasteiger partial charge in [0, 0.05) is 17.8 Å². The maximum Gasteiger partial charge on any atom is 0.278 e. The molecule has 29 heavy (non-hydrogen) atoms. The lowest BCUT2D eigenvalue weighted by atomic mass is 10.1. The smallest absolute Gasteiger partial charge is 0.278 e. The highest BCUT2D eigenvalue weighted by Crippen LogP contribution is 2.21. The lowest BCUT2D eigenvalue weighted by molar-refractivity contribution is -0.892. The van der Waals surface area contributed by atoms with Gasteiger partial charge in [-0.25, -0.2) is 8.42 Å². The predicted molar refractivity (Wildman–Crippen MR) is 114 cm³/mol. The lowest BCUT2D eigenvalue weighted by Gasteiger charge is -2.37. The van der Waals surface area contributed by atoms with Gasteiger partial charge >= 0.3 is 0 Å². The Morgan fingerprint density at radius 3 is 2.45 bits per heavy atom. The molecule has 0 bridgehead atoms. The number of sulfone groups is 1. The van der Waals surface area contributed by atoms with E-state index in [1.54, 1.807) is 7.11 Å². The first-order valence-electron chi connectivity index (χ1n) is 10.6. The molecule has 1 N–H and O–H groups in total. The molecule has 2 heterocycles. The van der Waals surface area contributed by atoms with E-state index < -0.39 is 9.84 Å². The maximum atomic E-state index is 13.1. The monoisotopic (exact) mass is 424 g/mol. The molecule has 1 aromatic carbocycles. The van der Waals surface area contributed by atoms with E-state index in [4.69, 9.17) is 4.74 Å². The molecule has 7 nitrogen and oxygen atoms in total. The van der Waals surface area contributed by atoms with Crippen LogP contribution in [0.4, 0.5) is 5.69 Å². The van der Waals surface area contributed by atoms with Crippen molar-refractivity contribution in [3.8, 4) is 5.75 Å². The van der Waals surface area contributed by atoms with Crippen molar-refractivity contribution in [1.29, 1.82) is 0 Å². The number of hydrogen-bond acceptors (Lipinski definition) is 5. The van der Waals surface area contributed by atoms with Crippen LogP contribution in [0.3, 0.4) is 0 Å². The third-order valence-electron chi connectivity index (χ3n) is 6.26. The molecule has 0 aliphatic carbocycles. The Balaban J connectivity index is 1.57. The number of rotatable bonds is 7. The zero-order chi connectivity index (χ0) is 21.0. The van der Waals surface area contributed by atoms with Crippen molar-refractivity contribution in [1.82, 2.24) is 4.90 Å². The summed E-state index contributed by atoms with van der Waals surface area (Å²) in [5.41, 5.74) is 1.17. The summed E-state index contributed by atoms with van der Waals surface area (Å²) in [6.07, 6.45) is 1.40. The number of carbonyl (C=O) groups excluding carboxylic acids is 1. The number of benzene rings is 1. The molecule has 0 unspecified atom stereocenters. The van der Waals surface area contributed by atoms with E-state index >= 15 is 0 Å². The molecule has 162 valence electrons. The summed E-state index contributed by atoms with van der Waals surface area (Å²) >= 11 is 0. The molecule has 3 rings (SSSR count). The molecule has 0 radical (unpaired) electrons. The summed E-state index contributed by atoms with van der Waals surface area (Å²) in [6, 6.07) is 7.98. The Morgan fingerprint density at radius 1 is 1.28 bits per heavy atom. The van der Waals surface area contributed by atoms with E-state index in [1.165, 1.54) is 10.6 Å². The molecule has 2 saturated heterocycles. The van der Waals surface area contributed by atoms with Gasteiger partial charge < -0.3 is 19.4 Å². The quantitative estimate of drug-likeness (QED) is 0.678. The summed E-state index contributed by atoms with van der Waals surface area (Å²) in [6.45, 7) is 8.11. The number of quaternary nitrogens is 1. The first-order chi connectivity index (χ1) is 13.8. The van der Waals surface area contributed by atoms with Crippen LogP contribution >= 0.6 is 0 Å². The zero-order valence-corrected chi connectivity index (χ0v) is 18.6. The molecule has 2 aliphatic heterocycles. The predicted octanol–water partition coefficient (Wildman–Crippen LogP) is 0.214. The van der Waals surface area contributed by atoms with Crippen molar-refractivity contribution in [2.75, 3.05) is 56.2 Å². The second kappa shape index (κ2) is 9.34. The number of anilines is 1. The van der Waals surface area contributed by atoms with Gasteiger partial charge in [0.25, 0.3) is 5.91 Å². The second-order valence-corrected chi connectivity index (χ2v) is 10.5. The number of nitrogens with one attached hydrogen (secondary N) is 1. The van der Waals surface area contributed by atoms with Gasteiger partial charge in [-0.15, -0.1) is 0 Å². The van der Waals surface area contributed by atoms with E-state index in [2.05, 4.69) is 24.0 Å². The van der Waals surface area contributed by atoms with Crippen molar-refractivity contribution in [2.24, 2.45) is 0 Å². The summed E-state index contributed by atoms with van der Waals surface area (Å²) in [4.78, 5) is 18.6. The first kappa shape index (κ1) is 21.9. The summed E-state index contributed by atoms with van der Waals surface area (Å²) in [5, 5.41) is 0. The Kier molecular flexibility index (Phi) is 7.05. The fourth-order valence-electron chi connectivity index (χ4n) is 4.36. The fraction of sp³-hybridized carbons (Fsp3) is 0.667. The van der Waals surface area contributed by atoms with Gasteiger partial charge in [0.1, 0.15) is 5.75 Å². The zero-order valence-electron chi connectivity index (χ0n) is 17.8. The molecule has 2 aliphatic rings. The highest BCUT2D eigenvalue weighted by atomic mass is 32.2. The Morgan fingerprint density at radius 2 is 1.93 bits per heavy atom. The highest BCUT2D eigenvalue weighted by Gasteiger charge is 2.37. The van der Waals surface area contributed by atoms with Crippen LogP contribution in [0.2, 0.25) is 0 Å². The maximum absolute atomic E-state index is 13.1. The molecular weight excluding hydrogens is 390 g/mol. The number of hydrogen-bond donors (Lipinski definition) is 1. The molecule has 2 fully saturated rings. The minimum absolute atomic E-state index is 0.0702. The number of piperazine rings is 1. The number of ether oxygens (including phenoxy) is 1. The van der Waals surface area contributed by atoms with E-state index in [9.17, 15) is 13.2 Å². The van der Waals surface area contributed by atoms with Crippen molar-refractivity contribution in [2.45, 2.75) is 38.8 Å². The van der Waals surface area contributed by atoms with Crippen LogP contribution in [0.25, 0.3) is 0 Å². The van der Waals surface area contributed by atoms with Gasteiger partial charge in [-0.1, -0.05) is 6.92 Å². The van der Waals surface area contributed by atoms with E-state index in [0.29, 0.717) is 13.0 Å². The van der Waals surface area contributed by atoms with Gasteiger partial charge in [-0.05, 0) is 44.0 Å². The van der Waals surface area contributed by atoms with Gasteiger partial charge in [-0.3, -0.25) is 4.79 Å². The number of amides is 1. The normalized spacial score (nSPS) is 23.0. The van der Waals surface area contributed by atoms with Crippen LogP contribution in [0.5, 0.6) is 5.75 Å². The molecule has 0 saturated carbocycles. The average molecular weight is 425 g/mol. The third-order valence-corrected chi connectivity index (χ3v) is 8.02. The van der Waals surface area contributed by atoms with E-state index in [1.807, 2.05) is 24.0 Å². The van der Waals surface area contributed by atoms with Crippen molar-refractivity contribution in [3.05, 3.63) is 24.3 Å². The van der Waals surface area contributed by atoms with Gasteiger partial charge in [0.15, 0.2) is 16.4 Å².